The highest BCUT2D eigenvalue weighted by atomic mass is 15.1. The second-order valence-electron chi connectivity index (χ2n) is 5.14. The number of aryl methyl sites for hydroxylation is 1. The Labute approximate surface area is 115 Å². The predicted molar refractivity (Wildman–Crippen MR) is 79.2 cm³/mol. The molecule has 0 saturated carbocycles. The van der Waals surface area contributed by atoms with Gasteiger partial charge in [-0.15, -0.1) is 0 Å². The summed E-state index contributed by atoms with van der Waals surface area (Å²) in [5, 5.41) is 3.38. The van der Waals surface area contributed by atoms with Crippen molar-refractivity contribution in [2.24, 2.45) is 0 Å². The molecular weight excluding hydrogens is 238 g/mol. The third kappa shape index (κ3) is 4.35. The van der Waals surface area contributed by atoms with Gasteiger partial charge < -0.3 is 16.0 Å². The van der Waals surface area contributed by atoms with Crippen LogP contribution in [-0.4, -0.2) is 41.0 Å². The van der Waals surface area contributed by atoms with Gasteiger partial charge in [-0.05, 0) is 51.7 Å². The van der Waals surface area contributed by atoms with Crippen molar-refractivity contribution in [2.45, 2.75) is 39.0 Å². The molecule has 0 aromatic carbocycles. The van der Waals surface area contributed by atoms with Gasteiger partial charge in [-0.25, -0.2) is 4.98 Å². The zero-order valence-electron chi connectivity index (χ0n) is 11.9. The van der Waals surface area contributed by atoms with Gasteiger partial charge in [-0.1, -0.05) is 6.92 Å². The first-order valence-corrected chi connectivity index (χ1v) is 7.37. The van der Waals surface area contributed by atoms with E-state index < -0.39 is 0 Å². The number of nitrogens with two attached hydrogens (primary N) is 1. The lowest BCUT2D eigenvalue weighted by molar-refractivity contribution is 0.331. The summed E-state index contributed by atoms with van der Waals surface area (Å²) in [6.07, 6.45) is 7.90. The fourth-order valence-corrected chi connectivity index (χ4v) is 2.51. The molecule has 1 aromatic heterocycles. The van der Waals surface area contributed by atoms with Gasteiger partial charge in [0.1, 0.15) is 5.82 Å². The van der Waals surface area contributed by atoms with Gasteiger partial charge in [0, 0.05) is 18.3 Å². The first-order valence-electron chi connectivity index (χ1n) is 7.37. The molecule has 3 N–H and O–H groups in total. The molecule has 1 saturated heterocycles. The number of hydrogen-bond acceptors (Lipinski definition) is 5. The lowest BCUT2D eigenvalue weighted by Gasteiger charge is -2.14. The molecule has 1 aliphatic heterocycles. The van der Waals surface area contributed by atoms with Crippen molar-refractivity contribution in [1.82, 2.24) is 14.9 Å². The Kier molecular flexibility index (Phi) is 5.39. The summed E-state index contributed by atoms with van der Waals surface area (Å²) >= 11 is 0. The molecule has 0 amide bonds. The van der Waals surface area contributed by atoms with Crippen LogP contribution < -0.4 is 11.1 Å². The number of nitrogens with zero attached hydrogens (tertiary/aromatic N) is 3. The van der Waals surface area contributed by atoms with Gasteiger partial charge in [-0.2, -0.15) is 4.98 Å². The molecule has 0 bridgehead atoms. The SMILES string of the molecule is CCc1cnc(N)nc1NCCCCN1CCCC1. The molecule has 1 fully saturated rings. The quantitative estimate of drug-likeness (QED) is 0.736. The molecule has 106 valence electrons. The van der Waals surface area contributed by atoms with Crippen molar-refractivity contribution in [3.05, 3.63) is 11.8 Å². The highest BCUT2D eigenvalue weighted by Crippen LogP contribution is 2.13. The second kappa shape index (κ2) is 7.28. The Bertz CT molecular complexity index is 387. The largest absolute Gasteiger partial charge is 0.370 e. The highest BCUT2D eigenvalue weighted by molar-refractivity contribution is 5.45. The predicted octanol–water partition coefficient (Wildman–Crippen LogP) is 1.91. The maximum atomic E-state index is 5.63. The first-order chi connectivity index (χ1) is 9.29. The Balaban J connectivity index is 1.68. The van der Waals surface area contributed by atoms with Crippen LogP contribution in [0, 0.1) is 0 Å². The highest BCUT2D eigenvalue weighted by Gasteiger charge is 2.10. The number of rotatable bonds is 7. The molecule has 0 aliphatic carbocycles. The normalized spacial score (nSPS) is 15.8. The summed E-state index contributed by atoms with van der Waals surface area (Å²) in [4.78, 5) is 10.8. The minimum Gasteiger partial charge on any atom is -0.370 e. The van der Waals surface area contributed by atoms with Crippen molar-refractivity contribution < 1.29 is 0 Å². The second-order valence-corrected chi connectivity index (χ2v) is 5.14. The summed E-state index contributed by atoms with van der Waals surface area (Å²) in [5.41, 5.74) is 6.76. The lowest BCUT2D eigenvalue weighted by atomic mass is 10.2. The summed E-state index contributed by atoms with van der Waals surface area (Å²) < 4.78 is 0. The van der Waals surface area contributed by atoms with Gasteiger partial charge in [-0.3, -0.25) is 0 Å². The molecule has 0 spiro atoms. The van der Waals surface area contributed by atoms with E-state index in [0.717, 1.165) is 24.3 Å². The van der Waals surface area contributed by atoms with Crippen LogP contribution in [0.3, 0.4) is 0 Å². The van der Waals surface area contributed by atoms with E-state index in [1.165, 1.54) is 45.3 Å². The van der Waals surface area contributed by atoms with E-state index in [0.29, 0.717) is 5.95 Å². The van der Waals surface area contributed by atoms with E-state index in [2.05, 4.69) is 27.1 Å². The Morgan fingerprint density at radius 1 is 1.32 bits per heavy atom. The van der Waals surface area contributed by atoms with E-state index in [1.807, 2.05) is 6.20 Å². The van der Waals surface area contributed by atoms with Crippen LogP contribution in [0.4, 0.5) is 11.8 Å². The topological polar surface area (TPSA) is 67.1 Å². The summed E-state index contributed by atoms with van der Waals surface area (Å²) in [6.45, 7) is 6.87. The average Bonchev–Trinajstić information content (AvgIpc) is 2.92. The first kappa shape index (κ1) is 14.1. The summed E-state index contributed by atoms with van der Waals surface area (Å²) in [5.74, 6) is 1.24. The zero-order valence-corrected chi connectivity index (χ0v) is 11.9. The van der Waals surface area contributed by atoms with Crippen LogP contribution >= 0.6 is 0 Å². The van der Waals surface area contributed by atoms with E-state index in [4.69, 9.17) is 5.73 Å². The minimum absolute atomic E-state index is 0.344. The van der Waals surface area contributed by atoms with E-state index in [1.54, 1.807) is 0 Å². The van der Waals surface area contributed by atoms with Crippen LogP contribution in [0.5, 0.6) is 0 Å². The molecule has 19 heavy (non-hydrogen) atoms. The molecular formula is C14H25N5. The van der Waals surface area contributed by atoms with E-state index in [-0.39, 0.29) is 0 Å². The average molecular weight is 263 g/mol. The Hall–Kier alpha value is -1.36. The molecule has 1 aromatic rings. The number of nitrogen functional groups attached to an aromatic ring is 1. The maximum absolute atomic E-state index is 5.63. The van der Waals surface area contributed by atoms with E-state index in [9.17, 15) is 0 Å². The van der Waals surface area contributed by atoms with Gasteiger partial charge in [0.15, 0.2) is 0 Å². The Morgan fingerprint density at radius 2 is 2.11 bits per heavy atom. The van der Waals surface area contributed by atoms with Crippen LogP contribution in [0.1, 0.15) is 38.2 Å². The van der Waals surface area contributed by atoms with Gasteiger partial charge in [0.25, 0.3) is 0 Å². The minimum atomic E-state index is 0.344. The molecule has 0 atom stereocenters. The van der Waals surface area contributed by atoms with Crippen molar-refractivity contribution in [1.29, 1.82) is 0 Å². The number of aromatic nitrogens is 2. The number of anilines is 2. The number of nitrogens with one attached hydrogen (secondary N) is 1. The van der Waals surface area contributed by atoms with Crippen molar-refractivity contribution in [2.75, 3.05) is 37.2 Å². The van der Waals surface area contributed by atoms with Gasteiger partial charge in [0.05, 0.1) is 0 Å². The smallest absolute Gasteiger partial charge is 0.221 e. The van der Waals surface area contributed by atoms with Crippen molar-refractivity contribution in [3.8, 4) is 0 Å². The Morgan fingerprint density at radius 3 is 2.84 bits per heavy atom. The molecule has 0 unspecified atom stereocenters. The van der Waals surface area contributed by atoms with Crippen molar-refractivity contribution in [3.63, 3.8) is 0 Å². The standard InChI is InChI=1S/C14H25N5/c1-2-12-11-17-14(15)18-13(12)16-7-3-4-8-19-9-5-6-10-19/h11H,2-10H2,1H3,(H3,15,16,17,18). The molecule has 2 heterocycles. The summed E-state index contributed by atoms with van der Waals surface area (Å²) in [6, 6.07) is 0. The lowest BCUT2D eigenvalue weighted by Crippen LogP contribution is -2.21. The molecule has 1 aliphatic rings. The molecule has 0 radical (unpaired) electrons. The number of likely N-dealkylation sites (tertiary alicyclic amines) is 1. The number of hydrogen-bond donors (Lipinski definition) is 2. The molecule has 5 heteroatoms. The maximum Gasteiger partial charge on any atom is 0.221 e. The van der Waals surface area contributed by atoms with Crippen molar-refractivity contribution >= 4 is 11.8 Å². The van der Waals surface area contributed by atoms with Gasteiger partial charge >= 0.3 is 0 Å². The molecule has 5 nitrogen and oxygen atoms in total. The van der Waals surface area contributed by atoms with Gasteiger partial charge in [0.2, 0.25) is 5.95 Å². The third-order valence-corrected chi connectivity index (χ3v) is 3.66. The van der Waals surface area contributed by atoms with Crippen LogP contribution in [-0.2, 0) is 6.42 Å². The number of unbranched alkanes of at least 4 members (excludes halogenated alkanes) is 1. The molecule has 2 rings (SSSR count). The fraction of sp³-hybridized carbons (Fsp3) is 0.714. The zero-order chi connectivity index (χ0) is 13.5. The monoisotopic (exact) mass is 263 g/mol. The van der Waals surface area contributed by atoms with Crippen LogP contribution in [0.2, 0.25) is 0 Å². The summed E-state index contributed by atoms with van der Waals surface area (Å²) in [7, 11) is 0. The van der Waals surface area contributed by atoms with Crippen LogP contribution in [0.25, 0.3) is 0 Å². The van der Waals surface area contributed by atoms with E-state index >= 15 is 0 Å². The van der Waals surface area contributed by atoms with Crippen LogP contribution in [0.15, 0.2) is 6.20 Å². The third-order valence-electron chi connectivity index (χ3n) is 3.66. The fourth-order valence-electron chi connectivity index (χ4n) is 2.51.